The fraction of sp³-hybridized carbons (Fsp3) is 0.667. The predicted octanol–water partition coefficient (Wildman–Crippen LogP) is 1.99. The van der Waals surface area contributed by atoms with Crippen LogP contribution in [0, 0.1) is 3.57 Å². The highest BCUT2D eigenvalue weighted by molar-refractivity contribution is 14.1. The van der Waals surface area contributed by atoms with E-state index in [4.69, 9.17) is 4.74 Å². The van der Waals surface area contributed by atoms with Crippen molar-refractivity contribution in [3.8, 4) is 0 Å². The molecule has 1 heterocycles. The largest absolute Gasteiger partial charge is 0.378 e. The summed E-state index contributed by atoms with van der Waals surface area (Å²) in [6, 6.07) is 0. The fourth-order valence-electron chi connectivity index (χ4n) is 1.11. The normalized spacial score (nSPS) is 11.2. The van der Waals surface area contributed by atoms with Crippen molar-refractivity contribution in [2.24, 2.45) is 7.05 Å². The molecule has 0 atom stereocenters. The van der Waals surface area contributed by atoms with Gasteiger partial charge in [-0.2, -0.15) is 5.10 Å². The summed E-state index contributed by atoms with van der Waals surface area (Å²) >= 11 is 2.30. The monoisotopic (exact) mass is 294 g/mol. The first-order chi connectivity index (χ1) is 6.11. The van der Waals surface area contributed by atoms with E-state index in [0.29, 0.717) is 6.10 Å². The van der Waals surface area contributed by atoms with Gasteiger partial charge in [-0.3, -0.25) is 4.68 Å². The van der Waals surface area contributed by atoms with E-state index < -0.39 is 0 Å². The number of aromatic nitrogens is 2. The second-order valence-corrected chi connectivity index (χ2v) is 4.39. The van der Waals surface area contributed by atoms with Crippen LogP contribution in [0.3, 0.4) is 0 Å². The molecule has 0 unspecified atom stereocenters. The van der Waals surface area contributed by atoms with Gasteiger partial charge in [-0.05, 0) is 36.4 Å². The summed E-state index contributed by atoms with van der Waals surface area (Å²) in [5.41, 5.74) is 1.25. The van der Waals surface area contributed by atoms with E-state index in [-0.39, 0.29) is 0 Å². The first-order valence-electron chi connectivity index (χ1n) is 4.39. The zero-order valence-electron chi connectivity index (χ0n) is 8.25. The van der Waals surface area contributed by atoms with Crippen molar-refractivity contribution in [1.82, 2.24) is 9.78 Å². The van der Waals surface area contributed by atoms with Crippen molar-refractivity contribution < 1.29 is 4.74 Å². The van der Waals surface area contributed by atoms with E-state index >= 15 is 0 Å². The number of ether oxygens (including phenoxy) is 1. The number of hydrogen-bond donors (Lipinski definition) is 0. The highest BCUT2D eigenvalue weighted by Crippen LogP contribution is 2.11. The Morgan fingerprint density at radius 2 is 2.31 bits per heavy atom. The zero-order chi connectivity index (χ0) is 9.84. The fourth-order valence-corrected chi connectivity index (χ4v) is 1.85. The summed E-state index contributed by atoms with van der Waals surface area (Å²) in [4.78, 5) is 0. The van der Waals surface area contributed by atoms with E-state index in [0.717, 1.165) is 13.0 Å². The van der Waals surface area contributed by atoms with Crippen molar-refractivity contribution in [3.63, 3.8) is 0 Å². The Morgan fingerprint density at radius 3 is 2.77 bits per heavy atom. The zero-order valence-corrected chi connectivity index (χ0v) is 10.4. The van der Waals surface area contributed by atoms with Crippen molar-refractivity contribution >= 4 is 22.6 Å². The molecule has 74 valence electrons. The van der Waals surface area contributed by atoms with Gasteiger partial charge in [0.25, 0.3) is 0 Å². The smallest absolute Gasteiger partial charge is 0.0626 e. The van der Waals surface area contributed by atoms with E-state index in [9.17, 15) is 0 Å². The average molecular weight is 294 g/mol. The summed E-state index contributed by atoms with van der Waals surface area (Å²) in [6.45, 7) is 4.87. The lowest BCUT2D eigenvalue weighted by atomic mass is 10.3. The van der Waals surface area contributed by atoms with Gasteiger partial charge in [0.1, 0.15) is 0 Å². The standard InChI is InChI=1S/C9H15IN2O/c1-7(2)13-5-4-9-8(10)6-11-12(9)3/h6-7H,4-5H2,1-3H3. The average Bonchev–Trinajstić information content (AvgIpc) is 2.34. The van der Waals surface area contributed by atoms with Crippen LogP contribution in [-0.4, -0.2) is 22.5 Å². The molecule has 0 saturated carbocycles. The first-order valence-corrected chi connectivity index (χ1v) is 5.47. The molecule has 3 nitrogen and oxygen atoms in total. The second kappa shape index (κ2) is 4.95. The molecule has 0 aliphatic carbocycles. The third kappa shape index (κ3) is 3.27. The van der Waals surface area contributed by atoms with Gasteiger partial charge in [0.05, 0.1) is 28.2 Å². The molecule has 0 aromatic carbocycles. The van der Waals surface area contributed by atoms with Crippen LogP contribution in [0.4, 0.5) is 0 Å². The van der Waals surface area contributed by atoms with Crippen molar-refractivity contribution in [3.05, 3.63) is 15.5 Å². The Bertz CT molecular complexity index is 251. The number of nitrogens with zero attached hydrogens (tertiary/aromatic N) is 2. The molecular weight excluding hydrogens is 279 g/mol. The minimum absolute atomic E-state index is 0.311. The third-order valence-electron chi connectivity index (χ3n) is 1.80. The summed E-state index contributed by atoms with van der Waals surface area (Å²) in [7, 11) is 1.97. The molecule has 0 N–H and O–H groups in total. The van der Waals surface area contributed by atoms with Crippen LogP contribution >= 0.6 is 22.6 Å². The summed E-state index contributed by atoms with van der Waals surface area (Å²) in [5.74, 6) is 0. The number of halogens is 1. The van der Waals surface area contributed by atoms with Gasteiger partial charge in [0.2, 0.25) is 0 Å². The first kappa shape index (κ1) is 11.0. The van der Waals surface area contributed by atoms with E-state index in [1.54, 1.807) is 0 Å². The van der Waals surface area contributed by atoms with Gasteiger partial charge in [0.15, 0.2) is 0 Å². The van der Waals surface area contributed by atoms with Crippen LogP contribution in [0.5, 0.6) is 0 Å². The van der Waals surface area contributed by atoms with Gasteiger partial charge >= 0.3 is 0 Å². The minimum atomic E-state index is 0.311. The summed E-state index contributed by atoms with van der Waals surface area (Å²) in [5, 5.41) is 4.17. The lowest BCUT2D eigenvalue weighted by Gasteiger charge is -2.07. The Hall–Kier alpha value is -0.100. The van der Waals surface area contributed by atoms with Gasteiger partial charge in [0, 0.05) is 13.5 Å². The molecule has 1 rings (SSSR count). The second-order valence-electron chi connectivity index (χ2n) is 3.23. The summed E-state index contributed by atoms with van der Waals surface area (Å²) in [6.07, 6.45) is 3.13. The molecule has 0 aliphatic rings. The van der Waals surface area contributed by atoms with Crippen LogP contribution in [0.2, 0.25) is 0 Å². The third-order valence-corrected chi connectivity index (χ3v) is 2.70. The van der Waals surface area contributed by atoms with Gasteiger partial charge in [-0.25, -0.2) is 0 Å². The summed E-state index contributed by atoms with van der Waals surface area (Å²) < 4.78 is 8.60. The Morgan fingerprint density at radius 1 is 1.62 bits per heavy atom. The van der Waals surface area contributed by atoms with Crippen LogP contribution < -0.4 is 0 Å². The maximum atomic E-state index is 5.48. The predicted molar refractivity (Wildman–Crippen MR) is 60.7 cm³/mol. The number of aryl methyl sites for hydroxylation is 1. The van der Waals surface area contributed by atoms with Gasteiger partial charge in [-0.15, -0.1) is 0 Å². The van der Waals surface area contributed by atoms with Crippen LogP contribution in [0.15, 0.2) is 6.20 Å². The lowest BCUT2D eigenvalue weighted by molar-refractivity contribution is 0.0804. The molecule has 0 bridgehead atoms. The highest BCUT2D eigenvalue weighted by atomic mass is 127. The molecule has 0 amide bonds. The molecule has 1 aromatic heterocycles. The molecule has 13 heavy (non-hydrogen) atoms. The van der Waals surface area contributed by atoms with Crippen molar-refractivity contribution in [2.75, 3.05) is 6.61 Å². The Balaban J connectivity index is 2.44. The van der Waals surface area contributed by atoms with Crippen molar-refractivity contribution in [1.29, 1.82) is 0 Å². The Labute approximate surface area is 92.6 Å². The maximum absolute atomic E-state index is 5.48. The minimum Gasteiger partial charge on any atom is -0.378 e. The molecule has 0 aliphatic heterocycles. The SMILES string of the molecule is CC(C)OCCc1c(I)cnn1C. The molecular formula is C9H15IN2O. The molecule has 1 aromatic rings. The Kier molecular flexibility index (Phi) is 4.18. The van der Waals surface area contributed by atoms with Gasteiger partial charge in [-0.1, -0.05) is 0 Å². The molecule has 0 spiro atoms. The lowest BCUT2D eigenvalue weighted by Crippen LogP contribution is -2.09. The highest BCUT2D eigenvalue weighted by Gasteiger charge is 2.05. The van der Waals surface area contributed by atoms with Gasteiger partial charge < -0.3 is 4.74 Å². The van der Waals surface area contributed by atoms with Crippen LogP contribution in [0.25, 0.3) is 0 Å². The maximum Gasteiger partial charge on any atom is 0.0626 e. The molecule has 0 radical (unpaired) electrons. The topological polar surface area (TPSA) is 27.1 Å². The van der Waals surface area contributed by atoms with E-state index in [1.807, 2.05) is 31.8 Å². The number of rotatable bonds is 4. The molecule has 0 saturated heterocycles. The van der Waals surface area contributed by atoms with Crippen molar-refractivity contribution in [2.45, 2.75) is 26.4 Å². The molecule has 0 fully saturated rings. The van der Waals surface area contributed by atoms with Crippen LogP contribution in [-0.2, 0) is 18.2 Å². The quantitative estimate of drug-likeness (QED) is 0.794. The van der Waals surface area contributed by atoms with Crippen LogP contribution in [0.1, 0.15) is 19.5 Å². The van der Waals surface area contributed by atoms with E-state index in [1.165, 1.54) is 9.26 Å². The van der Waals surface area contributed by atoms with E-state index in [2.05, 4.69) is 27.7 Å². The number of hydrogen-bond acceptors (Lipinski definition) is 2. The molecule has 4 heteroatoms.